The van der Waals surface area contributed by atoms with E-state index in [9.17, 15) is 0 Å². The van der Waals surface area contributed by atoms with E-state index in [1.807, 2.05) is 0 Å². The Morgan fingerprint density at radius 3 is 2.43 bits per heavy atom. The zero-order valence-electron chi connectivity index (χ0n) is 9.28. The van der Waals surface area contributed by atoms with Crippen LogP contribution in [0.4, 0.5) is 0 Å². The van der Waals surface area contributed by atoms with E-state index in [-0.39, 0.29) is 0 Å². The Morgan fingerprint density at radius 1 is 1.07 bits per heavy atom. The molecular weight excluding hydrogens is 174 g/mol. The van der Waals surface area contributed by atoms with E-state index in [0.717, 1.165) is 12.6 Å². The third-order valence-electron chi connectivity index (χ3n) is 3.69. The molecule has 3 heteroatoms. The molecular formula is C11H23N3. The van der Waals surface area contributed by atoms with Crippen molar-refractivity contribution >= 4 is 0 Å². The molecule has 0 saturated carbocycles. The molecule has 2 rings (SSSR count). The van der Waals surface area contributed by atoms with Gasteiger partial charge in [0.05, 0.1) is 0 Å². The Hall–Kier alpha value is -0.120. The van der Waals surface area contributed by atoms with Crippen LogP contribution in [0.25, 0.3) is 0 Å². The first kappa shape index (κ1) is 10.4. The van der Waals surface area contributed by atoms with Crippen molar-refractivity contribution in [1.82, 2.24) is 9.80 Å². The minimum Gasteiger partial charge on any atom is -0.327 e. The second kappa shape index (κ2) is 4.60. The number of hydrogen-bond donors (Lipinski definition) is 1. The average molecular weight is 197 g/mol. The maximum Gasteiger partial charge on any atom is 0.0168 e. The molecule has 3 nitrogen and oxygen atoms in total. The minimum atomic E-state index is 0.434. The highest BCUT2D eigenvalue weighted by molar-refractivity contribution is 4.84. The van der Waals surface area contributed by atoms with Gasteiger partial charge in [-0.3, -0.25) is 4.90 Å². The summed E-state index contributed by atoms with van der Waals surface area (Å²) in [5, 5.41) is 0. The molecule has 0 aliphatic carbocycles. The number of nitrogens with zero attached hydrogens (tertiary/aromatic N) is 2. The van der Waals surface area contributed by atoms with E-state index in [1.54, 1.807) is 0 Å². The molecule has 2 fully saturated rings. The first-order valence-corrected chi connectivity index (χ1v) is 5.94. The number of nitrogens with two attached hydrogens (primary N) is 1. The maximum atomic E-state index is 6.01. The zero-order chi connectivity index (χ0) is 9.97. The van der Waals surface area contributed by atoms with Gasteiger partial charge < -0.3 is 10.6 Å². The van der Waals surface area contributed by atoms with Gasteiger partial charge in [0.1, 0.15) is 0 Å². The Morgan fingerprint density at radius 2 is 1.79 bits per heavy atom. The van der Waals surface area contributed by atoms with E-state index in [1.165, 1.54) is 45.3 Å². The Balaban J connectivity index is 1.82. The lowest BCUT2D eigenvalue weighted by Crippen LogP contribution is -2.50. The second-order valence-corrected chi connectivity index (χ2v) is 4.93. The molecule has 0 unspecified atom stereocenters. The summed E-state index contributed by atoms with van der Waals surface area (Å²) in [6.07, 6.45) is 5.20. The van der Waals surface area contributed by atoms with E-state index >= 15 is 0 Å². The van der Waals surface area contributed by atoms with Gasteiger partial charge in [-0.2, -0.15) is 0 Å². The van der Waals surface area contributed by atoms with Crippen LogP contribution < -0.4 is 5.73 Å². The molecule has 82 valence electrons. The molecule has 2 aliphatic heterocycles. The summed E-state index contributed by atoms with van der Waals surface area (Å²) >= 11 is 0. The largest absolute Gasteiger partial charge is 0.327 e. The van der Waals surface area contributed by atoms with Gasteiger partial charge in [-0.1, -0.05) is 0 Å². The third kappa shape index (κ3) is 2.47. The van der Waals surface area contributed by atoms with E-state index in [2.05, 4.69) is 16.8 Å². The summed E-state index contributed by atoms with van der Waals surface area (Å²) in [6.45, 7) is 4.93. The van der Waals surface area contributed by atoms with Crippen molar-refractivity contribution in [2.45, 2.75) is 37.8 Å². The molecule has 0 bridgehead atoms. The van der Waals surface area contributed by atoms with Crippen LogP contribution in [0, 0.1) is 0 Å². The summed E-state index contributed by atoms with van der Waals surface area (Å²) in [5.74, 6) is 0. The maximum absolute atomic E-state index is 6.01. The second-order valence-electron chi connectivity index (χ2n) is 4.93. The minimum absolute atomic E-state index is 0.434. The molecule has 14 heavy (non-hydrogen) atoms. The number of rotatable bonds is 1. The summed E-state index contributed by atoms with van der Waals surface area (Å²) in [7, 11) is 2.22. The molecule has 2 N–H and O–H groups in total. The number of piperidine rings is 2. The standard InChI is InChI=1S/C11H23N3/c1-13-7-4-11(5-8-13)14-6-2-3-10(12)9-14/h10-11H,2-9,12H2,1H3/t10-/m0/s1. The molecule has 0 aromatic rings. The summed E-state index contributed by atoms with van der Waals surface area (Å²) in [4.78, 5) is 5.06. The van der Waals surface area contributed by atoms with Gasteiger partial charge >= 0.3 is 0 Å². The lowest BCUT2D eigenvalue weighted by molar-refractivity contribution is 0.0950. The monoisotopic (exact) mass is 197 g/mol. The number of hydrogen-bond acceptors (Lipinski definition) is 3. The molecule has 2 heterocycles. The fourth-order valence-electron chi connectivity index (χ4n) is 2.73. The van der Waals surface area contributed by atoms with Crippen LogP contribution in [0.2, 0.25) is 0 Å². The predicted molar refractivity (Wildman–Crippen MR) is 59.3 cm³/mol. The first-order valence-electron chi connectivity index (χ1n) is 5.94. The molecule has 0 amide bonds. The van der Waals surface area contributed by atoms with Crippen molar-refractivity contribution in [2.24, 2.45) is 5.73 Å². The molecule has 0 aromatic heterocycles. The molecule has 0 aromatic carbocycles. The van der Waals surface area contributed by atoms with Crippen LogP contribution in [0.3, 0.4) is 0 Å². The average Bonchev–Trinajstić information content (AvgIpc) is 2.19. The third-order valence-corrected chi connectivity index (χ3v) is 3.69. The molecule has 2 aliphatic rings. The van der Waals surface area contributed by atoms with E-state index in [0.29, 0.717) is 6.04 Å². The Bertz CT molecular complexity index is 175. The summed E-state index contributed by atoms with van der Waals surface area (Å²) in [5.41, 5.74) is 6.01. The van der Waals surface area contributed by atoms with Gasteiger partial charge in [-0.25, -0.2) is 0 Å². The van der Waals surface area contributed by atoms with Crippen LogP contribution in [-0.4, -0.2) is 55.1 Å². The normalized spacial score (nSPS) is 33.4. The van der Waals surface area contributed by atoms with E-state index < -0.39 is 0 Å². The highest BCUT2D eigenvalue weighted by Gasteiger charge is 2.26. The van der Waals surface area contributed by atoms with Gasteiger partial charge in [0, 0.05) is 18.6 Å². The topological polar surface area (TPSA) is 32.5 Å². The van der Waals surface area contributed by atoms with Crippen LogP contribution in [0.5, 0.6) is 0 Å². The van der Waals surface area contributed by atoms with Crippen molar-refractivity contribution < 1.29 is 0 Å². The lowest BCUT2D eigenvalue weighted by Gasteiger charge is -2.40. The van der Waals surface area contributed by atoms with Crippen molar-refractivity contribution in [3.05, 3.63) is 0 Å². The van der Waals surface area contributed by atoms with Gasteiger partial charge in [0.2, 0.25) is 0 Å². The van der Waals surface area contributed by atoms with Crippen LogP contribution in [-0.2, 0) is 0 Å². The molecule has 0 radical (unpaired) electrons. The fraction of sp³-hybridized carbons (Fsp3) is 1.00. The Kier molecular flexibility index (Phi) is 3.42. The van der Waals surface area contributed by atoms with Crippen LogP contribution in [0.1, 0.15) is 25.7 Å². The zero-order valence-corrected chi connectivity index (χ0v) is 9.28. The highest BCUT2D eigenvalue weighted by Crippen LogP contribution is 2.19. The Labute approximate surface area is 87.2 Å². The van der Waals surface area contributed by atoms with Crippen LogP contribution >= 0.6 is 0 Å². The van der Waals surface area contributed by atoms with Crippen LogP contribution in [0.15, 0.2) is 0 Å². The molecule has 2 saturated heterocycles. The lowest BCUT2D eigenvalue weighted by atomic mass is 9.98. The van der Waals surface area contributed by atoms with Gasteiger partial charge in [-0.15, -0.1) is 0 Å². The number of likely N-dealkylation sites (tertiary alicyclic amines) is 2. The summed E-state index contributed by atoms with van der Waals surface area (Å²) < 4.78 is 0. The fourth-order valence-corrected chi connectivity index (χ4v) is 2.73. The molecule has 1 atom stereocenters. The highest BCUT2D eigenvalue weighted by atomic mass is 15.2. The van der Waals surface area contributed by atoms with Gasteiger partial charge in [-0.05, 0) is 52.4 Å². The van der Waals surface area contributed by atoms with Crippen molar-refractivity contribution in [3.63, 3.8) is 0 Å². The smallest absolute Gasteiger partial charge is 0.0168 e. The van der Waals surface area contributed by atoms with Gasteiger partial charge in [0.15, 0.2) is 0 Å². The predicted octanol–water partition coefficient (Wildman–Crippen LogP) is 0.504. The molecule has 0 spiro atoms. The quantitative estimate of drug-likeness (QED) is 0.664. The van der Waals surface area contributed by atoms with Crippen molar-refractivity contribution in [1.29, 1.82) is 0 Å². The first-order chi connectivity index (χ1) is 6.75. The van der Waals surface area contributed by atoms with Gasteiger partial charge in [0.25, 0.3) is 0 Å². The SMILES string of the molecule is CN1CCC(N2CCC[C@H](N)C2)CC1. The van der Waals surface area contributed by atoms with Crippen molar-refractivity contribution in [2.75, 3.05) is 33.2 Å². The van der Waals surface area contributed by atoms with Crippen molar-refractivity contribution in [3.8, 4) is 0 Å². The van der Waals surface area contributed by atoms with E-state index in [4.69, 9.17) is 5.73 Å². The summed E-state index contributed by atoms with van der Waals surface area (Å²) in [6, 6.07) is 1.25.